The molecule has 0 saturated carbocycles. The fraction of sp³-hybridized carbons (Fsp3) is 1.00. The van der Waals surface area contributed by atoms with Crippen LogP contribution in [-0.4, -0.2) is 17.8 Å². The third kappa shape index (κ3) is 26.6. The zero-order valence-corrected chi connectivity index (χ0v) is 21.6. The molecule has 0 N–H and O–H groups in total. The molecule has 1 unspecified atom stereocenters. The van der Waals surface area contributed by atoms with E-state index >= 15 is 0 Å². The van der Waals surface area contributed by atoms with Gasteiger partial charge in [0, 0.05) is 0 Å². The Morgan fingerprint density at radius 3 is 0.929 bits per heavy atom. The van der Waals surface area contributed by atoms with Crippen molar-refractivity contribution in [2.75, 3.05) is 17.8 Å². The first-order valence-electron chi connectivity index (χ1n) is 12.9. The van der Waals surface area contributed by atoms with Crippen molar-refractivity contribution < 1.29 is 12.4 Å². The molecule has 0 nitrogen and oxygen atoms in total. The van der Waals surface area contributed by atoms with Crippen LogP contribution in [0.3, 0.4) is 0 Å². The molecule has 172 valence electrons. The molecule has 0 amide bonds. The lowest BCUT2D eigenvalue weighted by atomic mass is 10.0. The van der Waals surface area contributed by atoms with E-state index in [-0.39, 0.29) is 12.4 Å². The van der Waals surface area contributed by atoms with E-state index in [1.807, 2.05) is 0 Å². The highest BCUT2D eigenvalue weighted by Gasteiger charge is 2.07. The van der Waals surface area contributed by atoms with E-state index in [0.29, 0.717) is 10.9 Å². The molecule has 0 rings (SSSR count). The molecule has 0 spiro atoms. The van der Waals surface area contributed by atoms with Crippen LogP contribution in [0.4, 0.5) is 0 Å². The highest BCUT2D eigenvalue weighted by molar-refractivity contribution is 7.96. The molecule has 0 aliphatic heterocycles. The lowest BCUT2D eigenvalue weighted by Gasteiger charge is -2.04. The molecule has 0 heterocycles. The maximum absolute atomic E-state index is 2.46. The summed E-state index contributed by atoms with van der Waals surface area (Å²) in [7, 11) is 0.711. The topological polar surface area (TPSA) is 0 Å². The molecule has 2 heteroatoms. The van der Waals surface area contributed by atoms with Crippen LogP contribution in [0, 0.1) is 0 Å². The van der Waals surface area contributed by atoms with E-state index < -0.39 is 0 Å². The number of halogens is 1. The van der Waals surface area contributed by atoms with Gasteiger partial charge in [0.05, 0.1) is 6.26 Å². The Bertz CT molecular complexity index is 257. The third-order valence-electron chi connectivity index (χ3n) is 5.90. The summed E-state index contributed by atoms with van der Waals surface area (Å²) in [5.74, 6) is 2.95. The first-order valence-corrected chi connectivity index (χ1v) is 14.9. The summed E-state index contributed by atoms with van der Waals surface area (Å²) >= 11 is 0. The summed E-state index contributed by atoms with van der Waals surface area (Å²) in [4.78, 5) is 0. The normalized spacial score (nSPS) is 12.1. The minimum atomic E-state index is 0. The second-order valence-electron chi connectivity index (χ2n) is 8.91. The van der Waals surface area contributed by atoms with Gasteiger partial charge < -0.3 is 12.4 Å². The van der Waals surface area contributed by atoms with Crippen LogP contribution in [0.25, 0.3) is 0 Å². The number of unbranched alkanes of at least 4 members (excludes halogenated alkanes) is 19. The van der Waals surface area contributed by atoms with Crippen LogP contribution in [-0.2, 0) is 10.9 Å². The first-order chi connectivity index (χ1) is 13.3. The van der Waals surface area contributed by atoms with Gasteiger partial charge >= 0.3 is 0 Å². The Labute approximate surface area is 189 Å². The molecule has 0 aromatic rings. The summed E-state index contributed by atoms with van der Waals surface area (Å²) in [6, 6.07) is 0. The largest absolute Gasteiger partial charge is 1.00 e. The highest BCUT2D eigenvalue weighted by atomic mass is 35.5. The van der Waals surface area contributed by atoms with Gasteiger partial charge in [-0.05, 0) is 30.2 Å². The van der Waals surface area contributed by atoms with Crippen LogP contribution in [0.5, 0.6) is 0 Å². The SMILES string of the molecule is CCCCCCCCCCCCCCCCCCCCCC[S+](C)CCC.[Cl-]. The minimum Gasteiger partial charge on any atom is -1.00 e. The van der Waals surface area contributed by atoms with Gasteiger partial charge in [0.1, 0.15) is 11.5 Å². The minimum absolute atomic E-state index is 0. The molecule has 1 atom stereocenters. The molecular formula is C26H55ClS. The molecule has 0 aliphatic rings. The van der Waals surface area contributed by atoms with E-state index in [1.165, 1.54) is 146 Å². The lowest BCUT2D eigenvalue weighted by molar-refractivity contribution is -0.00000613. The van der Waals surface area contributed by atoms with Crippen molar-refractivity contribution >= 4 is 10.9 Å². The van der Waals surface area contributed by atoms with Crippen molar-refractivity contribution in [3.8, 4) is 0 Å². The summed E-state index contributed by atoms with van der Waals surface area (Å²) < 4.78 is 0. The van der Waals surface area contributed by atoms with Crippen LogP contribution in [0.1, 0.15) is 149 Å². The predicted molar refractivity (Wildman–Crippen MR) is 131 cm³/mol. The van der Waals surface area contributed by atoms with Gasteiger partial charge in [0.25, 0.3) is 0 Å². The molecular weight excluding hydrogens is 380 g/mol. The fourth-order valence-corrected chi connectivity index (χ4v) is 5.65. The number of hydrogen-bond acceptors (Lipinski definition) is 0. The standard InChI is InChI=1S/C26H55S.ClH/c1-4-6-7-8-9-10-11-12-13-14-15-16-17-18-19-20-21-22-23-24-26-27(3)25-5-2;/h4-26H2,1-3H3;1H/q+1;/p-1. The zero-order valence-electron chi connectivity index (χ0n) is 20.0. The van der Waals surface area contributed by atoms with Crippen LogP contribution in [0.2, 0.25) is 0 Å². The van der Waals surface area contributed by atoms with Crippen LogP contribution < -0.4 is 12.4 Å². The summed E-state index contributed by atoms with van der Waals surface area (Å²) in [5.41, 5.74) is 0. The van der Waals surface area contributed by atoms with E-state index in [9.17, 15) is 0 Å². The average molecular weight is 435 g/mol. The van der Waals surface area contributed by atoms with Crippen molar-refractivity contribution in [1.29, 1.82) is 0 Å². The molecule has 0 bridgehead atoms. The molecule has 0 fully saturated rings. The Morgan fingerprint density at radius 1 is 0.357 bits per heavy atom. The number of hydrogen-bond donors (Lipinski definition) is 0. The zero-order chi connectivity index (χ0) is 19.8. The van der Waals surface area contributed by atoms with Gasteiger partial charge in [0.2, 0.25) is 0 Å². The fourth-order valence-electron chi connectivity index (χ4n) is 4.05. The predicted octanol–water partition coefficient (Wildman–Crippen LogP) is 6.47. The first kappa shape index (κ1) is 30.8. The monoisotopic (exact) mass is 434 g/mol. The van der Waals surface area contributed by atoms with E-state index in [4.69, 9.17) is 0 Å². The van der Waals surface area contributed by atoms with Gasteiger partial charge in [-0.1, -0.05) is 129 Å². The van der Waals surface area contributed by atoms with Crippen LogP contribution >= 0.6 is 0 Å². The van der Waals surface area contributed by atoms with Crippen molar-refractivity contribution in [3.05, 3.63) is 0 Å². The van der Waals surface area contributed by atoms with Crippen molar-refractivity contribution in [2.45, 2.75) is 149 Å². The lowest BCUT2D eigenvalue weighted by Crippen LogP contribution is -3.00. The van der Waals surface area contributed by atoms with Gasteiger partial charge in [-0.25, -0.2) is 0 Å². The molecule has 0 radical (unpaired) electrons. The van der Waals surface area contributed by atoms with Gasteiger partial charge in [0.15, 0.2) is 0 Å². The van der Waals surface area contributed by atoms with Crippen molar-refractivity contribution in [3.63, 3.8) is 0 Å². The third-order valence-corrected chi connectivity index (χ3v) is 7.99. The van der Waals surface area contributed by atoms with Crippen LogP contribution in [0.15, 0.2) is 0 Å². The molecule has 28 heavy (non-hydrogen) atoms. The average Bonchev–Trinajstić information content (AvgIpc) is 2.66. The Hall–Kier alpha value is 0.640. The summed E-state index contributed by atoms with van der Waals surface area (Å²) in [6.07, 6.45) is 33.4. The Kier molecular flexibility index (Phi) is 30.4. The molecule has 0 aliphatic carbocycles. The molecule has 0 aromatic heterocycles. The second kappa shape index (κ2) is 27.6. The van der Waals surface area contributed by atoms with E-state index in [1.54, 1.807) is 0 Å². The quantitative estimate of drug-likeness (QED) is 0.128. The second-order valence-corrected chi connectivity index (χ2v) is 11.3. The Balaban J connectivity index is 0. The molecule has 0 saturated heterocycles. The number of rotatable bonds is 23. The Morgan fingerprint density at radius 2 is 0.643 bits per heavy atom. The van der Waals surface area contributed by atoms with E-state index in [2.05, 4.69) is 20.1 Å². The molecule has 0 aromatic carbocycles. The summed E-state index contributed by atoms with van der Waals surface area (Å²) in [6.45, 7) is 4.62. The summed E-state index contributed by atoms with van der Waals surface area (Å²) in [5, 5.41) is 0. The highest BCUT2D eigenvalue weighted by Crippen LogP contribution is 2.15. The van der Waals surface area contributed by atoms with E-state index in [0.717, 1.165) is 0 Å². The maximum atomic E-state index is 2.46. The van der Waals surface area contributed by atoms with Crippen molar-refractivity contribution in [2.24, 2.45) is 0 Å². The van der Waals surface area contributed by atoms with Gasteiger partial charge in [-0.15, -0.1) is 0 Å². The maximum Gasteiger partial charge on any atom is 0.107 e. The van der Waals surface area contributed by atoms with Gasteiger partial charge in [-0.3, -0.25) is 0 Å². The smallest absolute Gasteiger partial charge is 0.107 e. The van der Waals surface area contributed by atoms with Crippen molar-refractivity contribution in [1.82, 2.24) is 0 Å². The van der Waals surface area contributed by atoms with Gasteiger partial charge in [-0.2, -0.15) is 0 Å².